The Kier molecular flexibility index (Phi) is 5.94. The topological polar surface area (TPSA) is 81.7 Å². The molecule has 2 aromatic carbocycles. The first-order valence-corrected chi connectivity index (χ1v) is 8.72. The van der Waals surface area contributed by atoms with Gasteiger partial charge in [-0.15, -0.1) is 0 Å². The molecule has 0 fully saturated rings. The van der Waals surface area contributed by atoms with E-state index < -0.39 is 15.9 Å². The van der Waals surface area contributed by atoms with Crippen LogP contribution >= 0.6 is 0 Å². The number of sulfonamides is 1. The Hall–Kier alpha value is -2.38. The average Bonchev–Trinajstić information content (AvgIpc) is 2.53. The van der Waals surface area contributed by atoms with Crippen LogP contribution in [0.2, 0.25) is 0 Å². The number of carbonyl (C=O) groups is 1. The number of aryl methyl sites for hydroxylation is 1. The number of amides is 1. The largest absolute Gasteiger partial charge is 0.489 e. The molecule has 0 heterocycles. The van der Waals surface area contributed by atoms with Gasteiger partial charge in [0.1, 0.15) is 19.0 Å². The summed E-state index contributed by atoms with van der Waals surface area (Å²) in [5.41, 5.74) is 2.17. The molecule has 0 saturated carbocycles. The van der Waals surface area contributed by atoms with E-state index in [9.17, 15) is 13.2 Å². The maximum atomic E-state index is 12.0. The van der Waals surface area contributed by atoms with E-state index in [-0.39, 0.29) is 11.5 Å². The van der Waals surface area contributed by atoms with Crippen LogP contribution < -0.4 is 9.46 Å². The van der Waals surface area contributed by atoms with Gasteiger partial charge in [-0.25, -0.2) is 13.1 Å². The molecule has 0 saturated heterocycles. The van der Waals surface area contributed by atoms with E-state index in [0.29, 0.717) is 12.4 Å². The molecule has 0 radical (unpaired) electrons. The van der Waals surface area contributed by atoms with Crippen molar-refractivity contribution in [3.8, 4) is 5.75 Å². The second-order valence-corrected chi connectivity index (χ2v) is 6.89. The smallest absolute Gasteiger partial charge is 0.264 e. The minimum absolute atomic E-state index is 0.0186. The highest BCUT2D eigenvalue weighted by molar-refractivity contribution is 7.90. The van der Waals surface area contributed by atoms with E-state index in [1.807, 2.05) is 35.9 Å². The Morgan fingerprint density at radius 2 is 1.83 bits per heavy atom. The van der Waals surface area contributed by atoms with Crippen molar-refractivity contribution < 1.29 is 22.7 Å². The van der Waals surface area contributed by atoms with Crippen molar-refractivity contribution in [1.82, 2.24) is 4.72 Å². The molecule has 7 heteroatoms. The van der Waals surface area contributed by atoms with Crippen molar-refractivity contribution in [2.45, 2.75) is 18.4 Å². The molecule has 0 bridgehead atoms. The van der Waals surface area contributed by atoms with Gasteiger partial charge in [0, 0.05) is 7.11 Å². The average molecular weight is 349 g/mol. The molecular formula is C17H19NO5S. The van der Waals surface area contributed by atoms with E-state index >= 15 is 0 Å². The first-order valence-electron chi connectivity index (χ1n) is 7.24. The van der Waals surface area contributed by atoms with Gasteiger partial charge in [0.15, 0.2) is 0 Å². The van der Waals surface area contributed by atoms with Crippen molar-refractivity contribution in [1.29, 1.82) is 0 Å². The van der Waals surface area contributed by atoms with Gasteiger partial charge in [0.25, 0.3) is 15.9 Å². The van der Waals surface area contributed by atoms with Crippen LogP contribution in [-0.4, -0.2) is 28.0 Å². The zero-order chi connectivity index (χ0) is 17.6. The van der Waals surface area contributed by atoms with E-state index in [4.69, 9.17) is 4.74 Å². The first-order chi connectivity index (χ1) is 11.4. The SMILES string of the molecule is COCC(=O)NS(=O)(=O)c1ccc(OCc2cccc(C)c2)cc1. The predicted octanol–water partition coefficient (Wildman–Crippen LogP) is 2.03. The third kappa shape index (κ3) is 5.07. The lowest BCUT2D eigenvalue weighted by Crippen LogP contribution is -2.33. The van der Waals surface area contributed by atoms with Crippen molar-refractivity contribution in [2.75, 3.05) is 13.7 Å². The van der Waals surface area contributed by atoms with Crippen molar-refractivity contribution >= 4 is 15.9 Å². The van der Waals surface area contributed by atoms with Crippen LogP contribution in [0, 0.1) is 6.92 Å². The molecule has 0 aliphatic rings. The molecule has 0 aliphatic carbocycles. The lowest BCUT2D eigenvalue weighted by molar-refractivity contribution is -0.122. The summed E-state index contributed by atoms with van der Waals surface area (Å²) in [6, 6.07) is 13.8. The van der Waals surface area contributed by atoms with E-state index in [1.165, 1.54) is 19.2 Å². The van der Waals surface area contributed by atoms with Crippen LogP contribution in [0.5, 0.6) is 5.75 Å². The number of rotatable bonds is 7. The molecule has 0 aliphatic heterocycles. The molecule has 6 nitrogen and oxygen atoms in total. The molecule has 0 unspecified atom stereocenters. The Labute approximate surface area is 141 Å². The van der Waals surface area contributed by atoms with Gasteiger partial charge >= 0.3 is 0 Å². The molecule has 2 rings (SSSR count). The maximum absolute atomic E-state index is 12.0. The number of methoxy groups -OCH3 is 1. The minimum Gasteiger partial charge on any atom is -0.489 e. The summed E-state index contributed by atoms with van der Waals surface area (Å²) >= 11 is 0. The van der Waals surface area contributed by atoms with E-state index in [1.54, 1.807) is 12.1 Å². The molecule has 1 amide bonds. The first kappa shape index (κ1) is 18.0. The number of carbonyl (C=O) groups excluding carboxylic acids is 1. The fraction of sp³-hybridized carbons (Fsp3) is 0.235. The number of benzene rings is 2. The van der Waals surface area contributed by atoms with Crippen molar-refractivity contribution in [2.24, 2.45) is 0 Å². The van der Waals surface area contributed by atoms with Crippen LogP contribution in [0.25, 0.3) is 0 Å². The second-order valence-electron chi connectivity index (χ2n) is 5.21. The van der Waals surface area contributed by atoms with Gasteiger partial charge in [-0.1, -0.05) is 29.8 Å². The fourth-order valence-corrected chi connectivity index (χ4v) is 3.02. The van der Waals surface area contributed by atoms with E-state index in [2.05, 4.69) is 4.74 Å². The highest BCUT2D eigenvalue weighted by Gasteiger charge is 2.17. The normalized spacial score (nSPS) is 11.1. The molecule has 1 N–H and O–H groups in total. The monoisotopic (exact) mass is 349 g/mol. The number of nitrogens with one attached hydrogen (secondary N) is 1. The molecule has 0 spiro atoms. The molecule has 2 aromatic rings. The third-order valence-corrected chi connectivity index (χ3v) is 4.53. The number of ether oxygens (including phenoxy) is 2. The number of hydrogen-bond donors (Lipinski definition) is 1. The van der Waals surface area contributed by atoms with Crippen LogP contribution in [-0.2, 0) is 26.2 Å². The zero-order valence-corrected chi connectivity index (χ0v) is 14.3. The molecule has 0 atom stereocenters. The highest BCUT2D eigenvalue weighted by atomic mass is 32.2. The summed E-state index contributed by atoms with van der Waals surface area (Å²) < 4.78 is 36.2. The zero-order valence-electron chi connectivity index (χ0n) is 13.5. The lowest BCUT2D eigenvalue weighted by atomic mass is 10.1. The summed E-state index contributed by atoms with van der Waals surface area (Å²) in [4.78, 5) is 11.3. The summed E-state index contributed by atoms with van der Waals surface area (Å²) in [5.74, 6) is -0.184. The minimum atomic E-state index is -3.91. The summed E-state index contributed by atoms with van der Waals surface area (Å²) in [7, 11) is -2.59. The van der Waals surface area contributed by atoms with Gasteiger partial charge < -0.3 is 9.47 Å². The van der Waals surface area contributed by atoms with Crippen LogP contribution in [0.1, 0.15) is 11.1 Å². The second kappa shape index (κ2) is 7.94. The van der Waals surface area contributed by atoms with Gasteiger partial charge in [0.05, 0.1) is 4.90 Å². The predicted molar refractivity (Wildman–Crippen MR) is 89.2 cm³/mol. The molecule has 24 heavy (non-hydrogen) atoms. The van der Waals surface area contributed by atoms with Crippen molar-refractivity contribution in [3.63, 3.8) is 0 Å². The summed E-state index contributed by atoms with van der Waals surface area (Å²) in [5, 5.41) is 0. The van der Waals surface area contributed by atoms with Crippen LogP contribution in [0.4, 0.5) is 0 Å². The van der Waals surface area contributed by atoms with Crippen LogP contribution in [0.15, 0.2) is 53.4 Å². The summed E-state index contributed by atoms with van der Waals surface area (Å²) in [6.45, 7) is 2.07. The number of hydrogen-bond acceptors (Lipinski definition) is 5. The quantitative estimate of drug-likeness (QED) is 0.827. The Morgan fingerprint density at radius 1 is 1.12 bits per heavy atom. The van der Waals surface area contributed by atoms with Crippen molar-refractivity contribution in [3.05, 3.63) is 59.7 Å². The summed E-state index contributed by atoms with van der Waals surface area (Å²) in [6.07, 6.45) is 0. The van der Waals surface area contributed by atoms with Gasteiger partial charge in [-0.2, -0.15) is 0 Å². The molecule has 128 valence electrons. The maximum Gasteiger partial charge on any atom is 0.264 e. The Bertz CT molecular complexity index is 800. The molecular weight excluding hydrogens is 330 g/mol. The fourth-order valence-electron chi connectivity index (χ4n) is 2.05. The third-order valence-electron chi connectivity index (χ3n) is 3.15. The lowest BCUT2D eigenvalue weighted by Gasteiger charge is -2.09. The Balaban J connectivity index is 2.01. The van der Waals surface area contributed by atoms with E-state index in [0.717, 1.165) is 11.1 Å². The van der Waals surface area contributed by atoms with Gasteiger partial charge in [-0.3, -0.25) is 4.79 Å². The Morgan fingerprint density at radius 3 is 2.46 bits per heavy atom. The highest BCUT2D eigenvalue weighted by Crippen LogP contribution is 2.17. The standard InChI is InChI=1S/C17H19NO5S/c1-13-4-3-5-14(10-13)11-23-15-6-8-16(9-7-15)24(20,21)18-17(19)12-22-2/h3-10H,11-12H2,1-2H3,(H,18,19). The van der Waals surface area contributed by atoms with Gasteiger partial charge in [0.2, 0.25) is 0 Å². The molecule has 0 aromatic heterocycles. The van der Waals surface area contributed by atoms with Crippen LogP contribution in [0.3, 0.4) is 0 Å². The van der Waals surface area contributed by atoms with Gasteiger partial charge in [-0.05, 0) is 36.8 Å².